The quantitative estimate of drug-likeness (QED) is 0.738. The SMILES string of the molecule is COC(C)C(C)NCC(C)C(C)(C)C. The van der Waals surface area contributed by atoms with Crippen LogP contribution in [0.3, 0.4) is 0 Å². The average Bonchev–Trinajstić information content (AvgIpc) is 2.10. The van der Waals surface area contributed by atoms with Gasteiger partial charge in [-0.05, 0) is 31.7 Å². The number of ether oxygens (including phenoxy) is 1. The van der Waals surface area contributed by atoms with E-state index in [-0.39, 0.29) is 6.10 Å². The Labute approximate surface area is 89.4 Å². The molecule has 0 spiro atoms. The van der Waals surface area contributed by atoms with E-state index < -0.39 is 0 Å². The summed E-state index contributed by atoms with van der Waals surface area (Å²) in [5.41, 5.74) is 0.378. The standard InChI is InChI=1S/C12H27NO/c1-9(12(4,5)6)8-13-10(2)11(3)14-7/h9-11,13H,8H2,1-7H3. The fraction of sp³-hybridized carbons (Fsp3) is 1.00. The predicted octanol–water partition coefficient (Wildman–Crippen LogP) is 2.68. The smallest absolute Gasteiger partial charge is 0.0693 e. The van der Waals surface area contributed by atoms with Crippen molar-refractivity contribution in [2.24, 2.45) is 11.3 Å². The second-order valence-corrected chi connectivity index (χ2v) is 5.40. The van der Waals surface area contributed by atoms with Crippen LogP contribution in [0.1, 0.15) is 41.5 Å². The van der Waals surface area contributed by atoms with E-state index >= 15 is 0 Å². The van der Waals surface area contributed by atoms with Crippen LogP contribution in [0.2, 0.25) is 0 Å². The molecule has 0 radical (unpaired) electrons. The van der Waals surface area contributed by atoms with Crippen LogP contribution >= 0.6 is 0 Å². The molecule has 3 unspecified atom stereocenters. The van der Waals surface area contributed by atoms with Gasteiger partial charge in [0.25, 0.3) is 0 Å². The third-order valence-electron chi connectivity index (χ3n) is 3.30. The summed E-state index contributed by atoms with van der Waals surface area (Å²) in [5.74, 6) is 0.675. The highest BCUT2D eigenvalue weighted by molar-refractivity contribution is 4.75. The van der Waals surface area contributed by atoms with Gasteiger partial charge in [-0.2, -0.15) is 0 Å². The lowest BCUT2D eigenvalue weighted by atomic mass is 9.82. The lowest BCUT2D eigenvalue weighted by molar-refractivity contribution is 0.0846. The van der Waals surface area contributed by atoms with Crippen molar-refractivity contribution in [1.82, 2.24) is 5.32 Å². The van der Waals surface area contributed by atoms with E-state index in [9.17, 15) is 0 Å². The highest BCUT2D eigenvalue weighted by Crippen LogP contribution is 2.24. The fourth-order valence-corrected chi connectivity index (χ4v) is 1.04. The Bertz CT molecular complexity index is 151. The third kappa shape index (κ3) is 4.97. The Morgan fingerprint density at radius 3 is 2.00 bits per heavy atom. The normalized spacial score (nSPS) is 19.1. The van der Waals surface area contributed by atoms with E-state index in [1.807, 2.05) is 0 Å². The Kier molecular flexibility index (Phi) is 5.68. The van der Waals surface area contributed by atoms with Crippen molar-refractivity contribution in [3.8, 4) is 0 Å². The Balaban J connectivity index is 3.83. The van der Waals surface area contributed by atoms with E-state index in [1.165, 1.54) is 0 Å². The topological polar surface area (TPSA) is 21.3 Å². The molecule has 0 amide bonds. The number of rotatable bonds is 5. The van der Waals surface area contributed by atoms with Crippen LogP contribution in [0.25, 0.3) is 0 Å². The molecule has 0 bridgehead atoms. The molecule has 86 valence electrons. The van der Waals surface area contributed by atoms with Crippen molar-refractivity contribution in [2.75, 3.05) is 13.7 Å². The second-order valence-electron chi connectivity index (χ2n) is 5.40. The zero-order valence-corrected chi connectivity index (χ0v) is 10.8. The number of hydrogen-bond donors (Lipinski definition) is 1. The summed E-state index contributed by atoms with van der Waals surface area (Å²) >= 11 is 0. The molecule has 0 rings (SSSR count). The molecular formula is C12H27NO. The maximum atomic E-state index is 5.27. The van der Waals surface area contributed by atoms with E-state index in [0.29, 0.717) is 17.4 Å². The van der Waals surface area contributed by atoms with Crippen molar-refractivity contribution in [3.63, 3.8) is 0 Å². The molecule has 0 aliphatic heterocycles. The predicted molar refractivity (Wildman–Crippen MR) is 62.6 cm³/mol. The zero-order chi connectivity index (χ0) is 11.4. The van der Waals surface area contributed by atoms with Crippen molar-refractivity contribution < 1.29 is 4.74 Å². The minimum atomic E-state index is 0.280. The van der Waals surface area contributed by atoms with Gasteiger partial charge in [0.1, 0.15) is 0 Å². The molecule has 14 heavy (non-hydrogen) atoms. The second kappa shape index (κ2) is 5.72. The molecular weight excluding hydrogens is 174 g/mol. The lowest BCUT2D eigenvalue weighted by Crippen LogP contribution is -2.41. The Morgan fingerprint density at radius 2 is 1.64 bits per heavy atom. The van der Waals surface area contributed by atoms with Gasteiger partial charge in [0, 0.05) is 13.2 Å². The van der Waals surface area contributed by atoms with Crippen LogP contribution in [0.5, 0.6) is 0 Å². The molecule has 0 aliphatic rings. The highest BCUT2D eigenvalue weighted by Gasteiger charge is 2.21. The van der Waals surface area contributed by atoms with Crippen molar-refractivity contribution in [1.29, 1.82) is 0 Å². The Hall–Kier alpha value is -0.0800. The first kappa shape index (κ1) is 13.9. The van der Waals surface area contributed by atoms with Crippen LogP contribution in [0, 0.1) is 11.3 Å². The van der Waals surface area contributed by atoms with E-state index in [1.54, 1.807) is 7.11 Å². The summed E-state index contributed by atoms with van der Waals surface area (Å²) in [6.07, 6.45) is 0.280. The highest BCUT2D eigenvalue weighted by atomic mass is 16.5. The molecule has 2 heteroatoms. The van der Waals surface area contributed by atoms with Crippen molar-refractivity contribution in [3.05, 3.63) is 0 Å². The van der Waals surface area contributed by atoms with Crippen LogP contribution in [0.15, 0.2) is 0 Å². The first-order valence-electron chi connectivity index (χ1n) is 5.55. The molecule has 2 nitrogen and oxygen atoms in total. The molecule has 0 aromatic carbocycles. The van der Waals surface area contributed by atoms with Gasteiger partial charge in [-0.25, -0.2) is 0 Å². The summed E-state index contributed by atoms with van der Waals surface area (Å²) in [6, 6.07) is 0.421. The molecule has 0 aromatic rings. The van der Waals surface area contributed by atoms with Crippen LogP contribution in [0.4, 0.5) is 0 Å². The van der Waals surface area contributed by atoms with E-state index in [4.69, 9.17) is 4.74 Å². The molecule has 0 saturated heterocycles. The van der Waals surface area contributed by atoms with Gasteiger partial charge in [0.05, 0.1) is 6.10 Å². The summed E-state index contributed by atoms with van der Waals surface area (Å²) in [5, 5.41) is 3.51. The number of hydrogen-bond acceptors (Lipinski definition) is 2. The van der Waals surface area contributed by atoms with Crippen LogP contribution < -0.4 is 5.32 Å². The van der Waals surface area contributed by atoms with Crippen LogP contribution in [-0.2, 0) is 4.74 Å². The first-order valence-corrected chi connectivity index (χ1v) is 5.55. The molecule has 0 aromatic heterocycles. The van der Waals surface area contributed by atoms with E-state index in [2.05, 4.69) is 46.9 Å². The van der Waals surface area contributed by atoms with Gasteiger partial charge in [0.15, 0.2) is 0 Å². The largest absolute Gasteiger partial charge is 0.380 e. The van der Waals surface area contributed by atoms with Gasteiger partial charge in [-0.15, -0.1) is 0 Å². The van der Waals surface area contributed by atoms with Crippen molar-refractivity contribution in [2.45, 2.75) is 53.7 Å². The monoisotopic (exact) mass is 201 g/mol. The molecule has 0 aliphatic carbocycles. The molecule has 1 N–H and O–H groups in total. The summed E-state index contributed by atoms with van der Waals surface area (Å²) in [6.45, 7) is 14.5. The molecule has 0 fully saturated rings. The lowest BCUT2D eigenvalue weighted by Gasteiger charge is -2.30. The molecule has 0 heterocycles. The summed E-state index contributed by atoms with van der Waals surface area (Å²) < 4.78 is 5.27. The fourth-order valence-electron chi connectivity index (χ4n) is 1.04. The Morgan fingerprint density at radius 1 is 1.14 bits per heavy atom. The molecule has 3 atom stereocenters. The minimum Gasteiger partial charge on any atom is -0.380 e. The summed E-state index contributed by atoms with van der Waals surface area (Å²) in [4.78, 5) is 0. The summed E-state index contributed by atoms with van der Waals surface area (Å²) in [7, 11) is 1.76. The van der Waals surface area contributed by atoms with Crippen molar-refractivity contribution >= 4 is 0 Å². The zero-order valence-electron chi connectivity index (χ0n) is 10.8. The van der Waals surface area contributed by atoms with Gasteiger partial charge in [0.2, 0.25) is 0 Å². The average molecular weight is 201 g/mol. The van der Waals surface area contributed by atoms with Gasteiger partial charge < -0.3 is 10.1 Å². The van der Waals surface area contributed by atoms with Crippen LogP contribution in [-0.4, -0.2) is 25.8 Å². The third-order valence-corrected chi connectivity index (χ3v) is 3.30. The maximum absolute atomic E-state index is 5.27. The van der Waals surface area contributed by atoms with Gasteiger partial charge in [-0.1, -0.05) is 27.7 Å². The van der Waals surface area contributed by atoms with Gasteiger partial charge >= 0.3 is 0 Å². The first-order chi connectivity index (χ1) is 6.29. The minimum absolute atomic E-state index is 0.280. The number of methoxy groups -OCH3 is 1. The maximum Gasteiger partial charge on any atom is 0.0693 e. The van der Waals surface area contributed by atoms with Gasteiger partial charge in [-0.3, -0.25) is 0 Å². The number of nitrogens with one attached hydrogen (secondary N) is 1. The molecule has 0 saturated carbocycles. The van der Waals surface area contributed by atoms with E-state index in [0.717, 1.165) is 6.54 Å².